The Bertz CT molecular complexity index is 777. The van der Waals surface area contributed by atoms with Crippen molar-refractivity contribution in [3.8, 4) is 0 Å². The molecule has 6 heteroatoms. The van der Waals surface area contributed by atoms with Crippen molar-refractivity contribution in [2.24, 2.45) is 0 Å². The lowest BCUT2D eigenvalue weighted by Crippen LogP contribution is -2.33. The second-order valence-electron chi connectivity index (χ2n) is 5.11. The first-order valence-corrected chi connectivity index (χ1v) is 7.56. The number of nitrogens with one attached hydrogen (secondary N) is 1. The molecule has 0 unspecified atom stereocenters. The van der Waals surface area contributed by atoms with E-state index >= 15 is 0 Å². The standard InChI is InChI=1S/C18H16ClFN2O2/c1-22(12-17(23)21-15-7-4-6-14(20)11-15)18(24)10-9-13-5-2-3-8-16(13)19/h2-11H,12H2,1H3,(H,21,23)/b10-9+. The smallest absolute Gasteiger partial charge is 0.246 e. The summed E-state index contributed by atoms with van der Waals surface area (Å²) < 4.78 is 13.1. The molecule has 2 aromatic carbocycles. The summed E-state index contributed by atoms with van der Waals surface area (Å²) in [6.45, 7) is -0.151. The summed E-state index contributed by atoms with van der Waals surface area (Å²) in [7, 11) is 1.50. The minimum Gasteiger partial charge on any atom is -0.333 e. The van der Waals surface area contributed by atoms with Crippen LogP contribution in [0.25, 0.3) is 6.08 Å². The number of carbonyl (C=O) groups is 2. The molecule has 0 bridgehead atoms. The molecule has 0 spiro atoms. The number of benzene rings is 2. The van der Waals surface area contributed by atoms with Crippen LogP contribution in [0, 0.1) is 5.82 Å². The zero-order chi connectivity index (χ0) is 17.5. The molecule has 0 aliphatic heterocycles. The quantitative estimate of drug-likeness (QED) is 0.841. The van der Waals surface area contributed by atoms with E-state index in [0.717, 1.165) is 0 Å². The lowest BCUT2D eigenvalue weighted by atomic mass is 10.2. The van der Waals surface area contributed by atoms with E-state index in [-0.39, 0.29) is 12.5 Å². The summed E-state index contributed by atoms with van der Waals surface area (Å²) in [5.41, 5.74) is 1.05. The highest BCUT2D eigenvalue weighted by atomic mass is 35.5. The Labute approximate surface area is 144 Å². The third-order valence-corrected chi connectivity index (χ3v) is 3.52. The average Bonchev–Trinajstić information content (AvgIpc) is 2.53. The molecular formula is C18H16ClFN2O2. The van der Waals surface area contributed by atoms with Crippen LogP contribution in [0.15, 0.2) is 54.6 Å². The Morgan fingerprint density at radius 2 is 1.96 bits per heavy atom. The average molecular weight is 347 g/mol. The molecule has 0 fully saturated rings. The number of halogens is 2. The van der Waals surface area contributed by atoms with E-state index in [1.807, 2.05) is 6.07 Å². The summed E-state index contributed by atoms with van der Waals surface area (Å²) in [5, 5.41) is 3.07. The predicted octanol–water partition coefficient (Wildman–Crippen LogP) is 3.59. The number of likely N-dealkylation sites (N-methyl/N-ethyl adjacent to an activating group) is 1. The van der Waals surface area contributed by atoms with Gasteiger partial charge in [-0.1, -0.05) is 35.9 Å². The van der Waals surface area contributed by atoms with Crippen LogP contribution >= 0.6 is 11.6 Å². The molecule has 4 nitrogen and oxygen atoms in total. The molecule has 0 aromatic heterocycles. The van der Waals surface area contributed by atoms with Crippen LogP contribution < -0.4 is 5.32 Å². The molecular weight excluding hydrogens is 331 g/mol. The normalized spacial score (nSPS) is 10.6. The fourth-order valence-corrected chi connectivity index (χ4v) is 2.16. The van der Waals surface area contributed by atoms with Gasteiger partial charge in [0.15, 0.2) is 0 Å². The molecule has 2 aromatic rings. The van der Waals surface area contributed by atoms with Crippen molar-refractivity contribution < 1.29 is 14.0 Å². The molecule has 0 saturated carbocycles. The summed E-state index contributed by atoms with van der Waals surface area (Å²) in [6, 6.07) is 12.7. The van der Waals surface area contributed by atoms with Crippen LogP contribution in [-0.2, 0) is 9.59 Å². The van der Waals surface area contributed by atoms with E-state index in [2.05, 4.69) is 5.32 Å². The van der Waals surface area contributed by atoms with Gasteiger partial charge in [0.2, 0.25) is 11.8 Å². The van der Waals surface area contributed by atoms with E-state index in [9.17, 15) is 14.0 Å². The van der Waals surface area contributed by atoms with Gasteiger partial charge in [0.05, 0.1) is 6.54 Å². The number of rotatable bonds is 5. The lowest BCUT2D eigenvalue weighted by Gasteiger charge is -2.15. The second-order valence-corrected chi connectivity index (χ2v) is 5.51. The highest BCUT2D eigenvalue weighted by Crippen LogP contribution is 2.16. The number of nitrogens with zero attached hydrogens (tertiary/aromatic N) is 1. The van der Waals surface area contributed by atoms with Crippen molar-refractivity contribution >= 4 is 35.2 Å². The zero-order valence-electron chi connectivity index (χ0n) is 13.0. The Morgan fingerprint density at radius 1 is 1.21 bits per heavy atom. The van der Waals surface area contributed by atoms with Crippen molar-refractivity contribution in [1.29, 1.82) is 0 Å². The first kappa shape index (κ1) is 17.7. The molecule has 0 aliphatic rings. The van der Waals surface area contributed by atoms with Crippen LogP contribution in [-0.4, -0.2) is 30.3 Å². The SMILES string of the molecule is CN(CC(=O)Nc1cccc(F)c1)C(=O)/C=C/c1ccccc1Cl. The Hall–Kier alpha value is -2.66. The summed E-state index contributed by atoms with van der Waals surface area (Å²) in [6.07, 6.45) is 2.93. The predicted molar refractivity (Wildman–Crippen MR) is 93.2 cm³/mol. The molecule has 24 heavy (non-hydrogen) atoms. The van der Waals surface area contributed by atoms with Crippen molar-refractivity contribution in [3.63, 3.8) is 0 Å². The van der Waals surface area contributed by atoms with E-state index in [1.165, 1.54) is 36.2 Å². The number of hydrogen-bond acceptors (Lipinski definition) is 2. The summed E-state index contributed by atoms with van der Waals surface area (Å²) in [5.74, 6) is -1.20. The van der Waals surface area contributed by atoms with Gasteiger partial charge in [-0.3, -0.25) is 9.59 Å². The molecule has 0 atom stereocenters. The Kier molecular flexibility index (Phi) is 6.09. The molecule has 0 radical (unpaired) electrons. The number of carbonyl (C=O) groups excluding carboxylic acids is 2. The fourth-order valence-electron chi connectivity index (χ4n) is 1.96. The van der Waals surface area contributed by atoms with Crippen LogP contribution in [0.2, 0.25) is 5.02 Å². The molecule has 124 valence electrons. The minimum atomic E-state index is -0.445. The highest BCUT2D eigenvalue weighted by molar-refractivity contribution is 6.32. The molecule has 2 amide bonds. The van der Waals surface area contributed by atoms with Crippen LogP contribution in [0.1, 0.15) is 5.56 Å². The topological polar surface area (TPSA) is 49.4 Å². The van der Waals surface area contributed by atoms with Crippen molar-refractivity contribution in [2.45, 2.75) is 0 Å². The van der Waals surface area contributed by atoms with Crippen molar-refractivity contribution in [3.05, 3.63) is 71.0 Å². The number of hydrogen-bond donors (Lipinski definition) is 1. The van der Waals surface area contributed by atoms with Gasteiger partial charge in [0.25, 0.3) is 0 Å². The van der Waals surface area contributed by atoms with Crippen molar-refractivity contribution in [1.82, 2.24) is 4.90 Å². The monoisotopic (exact) mass is 346 g/mol. The third kappa shape index (κ3) is 5.21. The van der Waals surface area contributed by atoms with E-state index < -0.39 is 11.7 Å². The highest BCUT2D eigenvalue weighted by Gasteiger charge is 2.11. The first-order valence-electron chi connectivity index (χ1n) is 7.19. The van der Waals surface area contributed by atoms with Gasteiger partial charge in [-0.15, -0.1) is 0 Å². The molecule has 0 saturated heterocycles. The zero-order valence-corrected chi connectivity index (χ0v) is 13.8. The molecule has 2 rings (SSSR count). The largest absolute Gasteiger partial charge is 0.333 e. The van der Waals surface area contributed by atoms with Gasteiger partial charge in [-0.25, -0.2) is 4.39 Å². The maximum Gasteiger partial charge on any atom is 0.246 e. The summed E-state index contributed by atoms with van der Waals surface area (Å²) in [4.78, 5) is 25.2. The fraction of sp³-hybridized carbons (Fsp3) is 0.111. The summed E-state index contributed by atoms with van der Waals surface area (Å²) >= 11 is 6.00. The van der Waals surface area contributed by atoms with Crippen LogP contribution in [0.3, 0.4) is 0 Å². The Balaban J connectivity index is 1.91. The molecule has 0 heterocycles. The number of amides is 2. The Morgan fingerprint density at radius 3 is 2.67 bits per heavy atom. The molecule has 0 aliphatic carbocycles. The lowest BCUT2D eigenvalue weighted by molar-refractivity contribution is -0.129. The van der Waals surface area contributed by atoms with E-state index in [1.54, 1.807) is 30.3 Å². The maximum absolute atomic E-state index is 13.1. The minimum absolute atomic E-state index is 0.151. The van der Waals surface area contributed by atoms with E-state index in [4.69, 9.17) is 11.6 Å². The number of anilines is 1. The second kappa shape index (κ2) is 8.26. The molecule has 1 N–H and O–H groups in total. The van der Waals surface area contributed by atoms with Gasteiger partial charge in [0.1, 0.15) is 5.82 Å². The van der Waals surface area contributed by atoms with E-state index in [0.29, 0.717) is 16.3 Å². The first-order chi connectivity index (χ1) is 11.5. The van der Waals surface area contributed by atoms with Gasteiger partial charge in [-0.2, -0.15) is 0 Å². The van der Waals surface area contributed by atoms with Gasteiger partial charge < -0.3 is 10.2 Å². The van der Waals surface area contributed by atoms with Gasteiger partial charge in [-0.05, 0) is 35.9 Å². The van der Waals surface area contributed by atoms with Gasteiger partial charge >= 0.3 is 0 Å². The van der Waals surface area contributed by atoms with Crippen LogP contribution in [0.5, 0.6) is 0 Å². The van der Waals surface area contributed by atoms with Crippen molar-refractivity contribution in [2.75, 3.05) is 18.9 Å². The van der Waals surface area contributed by atoms with Crippen LogP contribution in [0.4, 0.5) is 10.1 Å². The van der Waals surface area contributed by atoms with Gasteiger partial charge in [0, 0.05) is 23.8 Å². The maximum atomic E-state index is 13.1. The third-order valence-electron chi connectivity index (χ3n) is 3.18.